The SMILES string of the molecule is Cc1ccc(N2CCN(CC3CCN(C)CC3)CC2)c(F)c1. The molecule has 2 aliphatic rings. The van der Waals surface area contributed by atoms with E-state index in [4.69, 9.17) is 0 Å². The monoisotopic (exact) mass is 305 g/mol. The van der Waals surface area contributed by atoms with Gasteiger partial charge >= 0.3 is 0 Å². The number of anilines is 1. The minimum atomic E-state index is -0.0798. The minimum Gasteiger partial charge on any atom is -0.367 e. The topological polar surface area (TPSA) is 9.72 Å². The van der Waals surface area contributed by atoms with Gasteiger partial charge in [-0.25, -0.2) is 4.39 Å². The Bertz CT molecular complexity index is 489. The lowest BCUT2D eigenvalue weighted by atomic mass is 9.96. The molecular weight excluding hydrogens is 277 g/mol. The molecule has 1 aromatic carbocycles. The maximum atomic E-state index is 14.1. The number of hydrogen-bond acceptors (Lipinski definition) is 3. The molecule has 2 fully saturated rings. The predicted octanol–water partition coefficient (Wildman–Crippen LogP) is 2.60. The number of benzene rings is 1. The van der Waals surface area contributed by atoms with Gasteiger partial charge in [-0.05, 0) is 63.5 Å². The average molecular weight is 305 g/mol. The summed E-state index contributed by atoms with van der Waals surface area (Å²) in [5.41, 5.74) is 1.76. The molecule has 0 spiro atoms. The summed E-state index contributed by atoms with van der Waals surface area (Å²) in [5.74, 6) is 0.766. The van der Waals surface area contributed by atoms with E-state index in [1.807, 2.05) is 19.1 Å². The fourth-order valence-electron chi connectivity index (χ4n) is 3.65. The van der Waals surface area contributed by atoms with Crippen LogP contribution in [0.15, 0.2) is 18.2 Å². The Morgan fingerprint density at radius 3 is 2.36 bits per heavy atom. The van der Waals surface area contributed by atoms with Gasteiger partial charge in [0, 0.05) is 32.7 Å². The molecule has 0 aromatic heterocycles. The van der Waals surface area contributed by atoms with Gasteiger partial charge in [-0.3, -0.25) is 4.90 Å². The molecule has 0 bridgehead atoms. The molecule has 3 rings (SSSR count). The third kappa shape index (κ3) is 3.79. The van der Waals surface area contributed by atoms with Crippen molar-refractivity contribution in [1.82, 2.24) is 9.80 Å². The van der Waals surface area contributed by atoms with E-state index >= 15 is 0 Å². The molecule has 4 heteroatoms. The smallest absolute Gasteiger partial charge is 0.146 e. The summed E-state index contributed by atoms with van der Waals surface area (Å²) in [7, 11) is 2.21. The number of hydrogen-bond donors (Lipinski definition) is 0. The van der Waals surface area contributed by atoms with Crippen molar-refractivity contribution >= 4 is 5.69 Å². The van der Waals surface area contributed by atoms with Crippen LogP contribution in [0.3, 0.4) is 0 Å². The molecule has 0 radical (unpaired) electrons. The van der Waals surface area contributed by atoms with Crippen LogP contribution in [0, 0.1) is 18.7 Å². The Labute approximate surface area is 133 Å². The van der Waals surface area contributed by atoms with Gasteiger partial charge in [0.15, 0.2) is 0 Å². The van der Waals surface area contributed by atoms with E-state index in [0.29, 0.717) is 0 Å². The Balaban J connectivity index is 1.50. The molecule has 2 heterocycles. The molecular formula is C18H28FN3. The molecule has 2 saturated heterocycles. The lowest BCUT2D eigenvalue weighted by molar-refractivity contribution is 0.155. The zero-order valence-corrected chi connectivity index (χ0v) is 13.9. The van der Waals surface area contributed by atoms with Crippen molar-refractivity contribution in [2.75, 3.05) is 57.8 Å². The highest BCUT2D eigenvalue weighted by atomic mass is 19.1. The number of nitrogens with zero attached hydrogens (tertiary/aromatic N) is 3. The summed E-state index contributed by atoms with van der Waals surface area (Å²) in [6.45, 7) is 9.61. The van der Waals surface area contributed by atoms with Crippen molar-refractivity contribution in [3.8, 4) is 0 Å². The lowest BCUT2D eigenvalue weighted by Gasteiger charge is -2.39. The number of piperidine rings is 1. The summed E-state index contributed by atoms with van der Waals surface area (Å²) in [5, 5.41) is 0. The molecule has 0 N–H and O–H groups in total. The highest BCUT2D eigenvalue weighted by Gasteiger charge is 2.23. The minimum absolute atomic E-state index is 0.0798. The second-order valence-corrected chi connectivity index (χ2v) is 6.99. The first-order valence-corrected chi connectivity index (χ1v) is 8.54. The van der Waals surface area contributed by atoms with Crippen LogP contribution >= 0.6 is 0 Å². The van der Waals surface area contributed by atoms with Crippen LogP contribution in [-0.4, -0.2) is 62.7 Å². The lowest BCUT2D eigenvalue weighted by Crippen LogP contribution is -2.49. The molecule has 0 aliphatic carbocycles. The van der Waals surface area contributed by atoms with Gasteiger partial charge in [0.05, 0.1) is 5.69 Å². The van der Waals surface area contributed by atoms with Crippen molar-refractivity contribution in [3.63, 3.8) is 0 Å². The third-order valence-corrected chi connectivity index (χ3v) is 5.17. The van der Waals surface area contributed by atoms with Crippen LogP contribution < -0.4 is 4.90 Å². The van der Waals surface area contributed by atoms with Crippen LogP contribution in [0.2, 0.25) is 0 Å². The normalized spacial score (nSPS) is 22.2. The Morgan fingerprint density at radius 2 is 1.73 bits per heavy atom. The van der Waals surface area contributed by atoms with Crippen molar-refractivity contribution in [1.29, 1.82) is 0 Å². The third-order valence-electron chi connectivity index (χ3n) is 5.17. The molecule has 122 valence electrons. The highest BCUT2D eigenvalue weighted by molar-refractivity contribution is 5.49. The molecule has 0 atom stereocenters. The van der Waals surface area contributed by atoms with Gasteiger partial charge in [-0.1, -0.05) is 6.07 Å². The molecule has 0 saturated carbocycles. The number of aryl methyl sites for hydroxylation is 1. The van der Waals surface area contributed by atoms with Gasteiger partial charge in [-0.15, -0.1) is 0 Å². The van der Waals surface area contributed by atoms with Crippen LogP contribution in [0.25, 0.3) is 0 Å². The summed E-state index contributed by atoms with van der Waals surface area (Å²) < 4.78 is 14.1. The standard InChI is InChI=1S/C18H28FN3/c1-15-3-4-18(17(19)13-15)22-11-9-21(10-12-22)14-16-5-7-20(2)8-6-16/h3-4,13,16H,5-12,14H2,1-2H3. The van der Waals surface area contributed by atoms with E-state index < -0.39 is 0 Å². The number of halogens is 1. The first-order valence-electron chi connectivity index (χ1n) is 8.54. The fraction of sp³-hybridized carbons (Fsp3) is 0.667. The van der Waals surface area contributed by atoms with Crippen molar-refractivity contribution in [2.45, 2.75) is 19.8 Å². The van der Waals surface area contributed by atoms with Gasteiger partial charge in [-0.2, -0.15) is 0 Å². The molecule has 2 aliphatic heterocycles. The van der Waals surface area contributed by atoms with Crippen LogP contribution in [0.1, 0.15) is 18.4 Å². The number of rotatable bonds is 3. The molecule has 0 unspecified atom stereocenters. The summed E-state index contributed by atoms with van der Waals surface area (Å²) in [6.07, 6.45) is 2.65. The number of likely N-dealkylation sites (tertiary alicyclic amines) is 1. The number of piperazine rings is 1. The highest BCUT2D eigenvalue weighted by Crippen LogP contribution is 2.23. The summed E-state index contributed by atoms with van der Waals surface area (Å²) in [6, 6.07) is 5.57. The Morgan fingerprint density at radius 1 is 1.05 bits per heavy atom. The Hall–Kier alpha value is -1.13. The molecule has 1 aromatic rings. The molecule has 0 amide bonds. The van der Waals surface area contributed by atoms with E-state index in [0.717, 1.165) is 43.3 Å². The van der Waals surface area contributed by atoms with Crippen LogP contribution in [-0.2, 0) is 0 Å². The maximum absolute atomic E-state index is 14.1. The van der Waals surface area contributed by atoms with Crippen molar-refractivity contribution in [2.24, 2.45) is 5.92 Å². The van der Waals surface area contributed by atoms with E-state index in [1.165, 1.54) is 32.5 Å². The first kappa shape index (κ1) is 15.8. The zero-order valence-electron chi connectivity index (χ0n) is 13.9. The largest absolute Gasteiger partial charge is 0.367 e. The van der Waals surface area contributed by atoms with Gasteiger partial charge < -0.3 is 9.80 Å². The second-order valence-electron chi connectivity index (χ2n) is 6.99. The van der Waals surface area contributed by atoms with Crippen LogP contribution in [0.5, 0.6) is 0 Å². The first-order chi connectivity index (χ1) is 10.6. The van der Waals surface area contributed by atoms with Gasteiger partial charge in [0.2, 0.25) is 0 Å². The van der Waals surface area contributed by atoms with Crippen molar-refractivity contribution < 1.29 is 4.39 Å². The van der Waals surface area contributed by atoms with E-state index in [-0.39, 0.29) is 5.82 Å². The van der Waals surface area contributed by atoms with E-state index in [2.05, 4.69) is 21.7 Å². The molecule has 3 nitrogen and oxygen atoms in total. The van der Waals surface area contributed by atoms with E-state index in [1.54, 1.807) is 6.07 Å². The maximum Gasteiger partial charge on any atom is 0.146 e. The summed E-state index contributed by atoms with van der Waals surface area (Å²) in [4.78, 5) is 7.19. The molecule has 22 heavy (non-hydrogen) atoms. The average Bonchev–Trinajstić information content (AvgIpc) is 2.51. The fourth-order valence-corrected chi connectivity index (χ4v) is 3.65. The van der Waals surface area contributed by atoms with Gasteiger partial charge in [0.25, 0.3) is 0 Å². The second kappa shape index (κ2) is 6.97. The summed E-state index contributed by atoms with van der Waals surface area (Å²) >= 11 is 0. The van der Waals surface area contributed by atoms with E-state index in [9.17, 15) is 4.39 Å². The van der Waals surface area contributed by atoms with Crippen LogP contribution in [0.4, 0.5) is 10.1 Å². The van der Waals surface area contributed by atoms with Gasteiger partial charge in [0.1, 0.15) is 5.82 Å². The zero-order chi connectivity index (χ0) is 15.5. The predicted molar refractivity (Wildman–Crippen MR) is 90.0 cm³/mol. The van der Waals surface area contributed by atoms with Crippen molar-refractivity contribution in [3.05, 3.63) is 29.6 Å². The quantitative estimate of drug-likeness (QED) is 0.850. The Kier molecular flexibility index (Phi) is 4.99.